The molecule has 6 nitrogen and oxygen atoms in total. The molecule has 2 aliphatic rings. The molecule has 0 spiro atoms. The maximum atomic E-state index is 12.2. The predicted molar refractivity (Wildman–Crippen MR) is 72.7 cm³/mol. The Labute approximate surface area is 117 Å². The molecule has 0 saturated heterocycles. The molecule has 0 bridgehead atoms. The molecule has 0 aromatic heterocycles. The number of rotatable bonds is 3. The fourth-order valence-electron chi connectivity index (χ4n) is 2.19. The number of allylic oxidation sites excluding steroid dienone is 2. The molecule has 1 heterocycles. The van der Waals surface area contributed by atoms with E-state index < -0.39 is 6.23 Å². The van der Waals surface area contributed by atoms with Gasteiger partial charge in [-0.05, 0) is 25.4 Å². The largest absolute Gasteiger partial charge is 0.482 e. The van der Waals surface area contributed by atoms with Crippen LogP contribution < -0.4 is 5.32 Å². The number of ether oxygens (including phenoxy) is 1. The van der Waals surface area contributed by atoms with Crippen molar-refractivity contribution in [2.75, 3.05) is 7.11 Å². The van der Waals surface area contributed by atoms with Crippen molar-refractivity contribution < 1.29 is 19.2 Å². The van der Waals surface area contributed by atoms with Gasteiger partial charge in [0.1, 0.15) is 5.78 Å². The van der Waals surface area contributed by atoms with E-state index in [-0.39, 0.29) is 17.6 Å². The predicted octanol–water partition coefficient (Wildman–Crippen LogP) is 1.29. The summed E-state index contributed by atoms with van der Waals surface area (Å²) in [5, 5.41) is 6.43. The van der Waals surface area contributed by atoms with E-state index in [1.807, 2.05) is 6.92 Å². The molecular formula is C14H18N2O4. The van der Waals surface area contributed by atoms with Crippen molar-refractivity contribution in [3.8, 4) is 0 Å². The number of carbonyl (C=O) groups is 2. The van der Waals surface area contributed by atoms with Crippen molar-refractivity contribution in [2.24, 2.45) is 11.1 Å². The third-order valence-electron chi connectivity index (χ3n) is 3.42. The second kappa shape index (κ2) is 5.90. The fraction of sp³-hybridized carbons (Fsp3) is 0.500. The summed E-state index contributed by atoms with van der Waals surface area (Å²) >= 11 is 0. The number of carbonyl (C=O) groups excluding carboxylic acids is 2. The minimum Gasteiger partial charge on any atom is -0.482 e. The van der Waals surface area contributed by atoms with Gasteiger partial charge in [-0.1, -0.05) is 17.7 Å². The molecule has 0 aromatic carbocycles. The van der Waals surface area contributed by atoms with Crippen molar-refractivity contribution in [3.05, 3.63) is 23.3 Å². The second-order valence-corrected chi connectivity index (χ2v) is 4.94. The summed E-state index contributed by atoms with van der Waals surface area (Å²) in [5.74, 6) is 0.213. The first-order chi connectivity index (χ1) is 9.51. The summed E-state index contributed by atoms with van der Waals surface area (Å²) < 4.78 is 4.94. The molecule has 1 amide bonds. The Balaban J connectivity index is 1.96. The van der Waals surface area contributed by atoms with Crippen LogP contribution in [-0.2, 0) is 19.2 Å². The second-order valence-electron chi connectivity index (χ2n) is 4.94. The van der Waals surface area contributed by atoms with Gasteiger partial charge >= 0.3 is 0 Å². The molecule has 6 heteroatoms. The van der Waals surface area contributed by atoms with E-state index >= 15 is 0 Å². The van der Waals surface area contributed by atoms with Crippen molar-refractivity contribution in [1.29, 1.82) is 0 Å². The molecule has 0 fully saturated rings. The quantitative estimate of drug-likeness (QED) is 0.844. The highest BCUT2D eigenvalue weighted by Gasteiger charge is 2.26. The van der Waals surface area contributed by atoms with Crippen molar-refractivity contribution in [3.63, 3.8) is 0 Å². The van der Waals surface area contributed by atoms with E-state index in [0.29, 0.717) is 24.3 Å². The van der Waals surface area contributed by atoms with Crippen molar-refractivity contribution in [2.45, 2.75) is 32.9 Å². The molecule has 1 aliphatic carbocycles. The lowest BCUT2D eigenvalue weighted by molar-refractivity contribution is -0.121. The molecule has 2 unspecified atom stereocenters. The van der Waals surface area contributed by atoms with E-state index in [1.54, 1.807) is 19.1 Å². The molecule has 1 N–H and O–H groups in total. The Bertz CT molecular complexity index is 519. The molecule has 0 aromatic rings. The van der Waals surface area contributed by atoms with E-state index in [9.17, 15) is 9.59 Å². The van der Waals surface area contributed by atoms with Crippen LogP contribution in [0.1, 0.15) is 26.7 Å². The van der Waals surface area contributed by atoms with Crippen molar-refractivity contribution >= 4 is 17.6 Å². The lowest BCUT2D eigenvalue weighted by Gasteiger charge is -2.19. The van der Waals surface area contributed by atoms with Gasteiger partial charge in [0, 0.05) is 11.5 Å². The van der Waals surface area contributed by atoms with Crippen LogP contribution in [0.15, 0.2) is 28.5 Å². The van der Waals surface area contributed by atoms with Gasteiger partial charge in [0.2, 0.25) is 12.1 Å². The smallest absolute Gasteiger partial charge is 0.254 e. The summed E-state index contributed by atoms with van der Waals surface area (Å²) in [5.41, 5.74) is 1.48. The van der Waals surface area contributed by atoms with Crippen LogP contribution in [0.3, 0.4) is 0 Å². The molecular weight excluding hydrogens is 260 g/mol. The lowest BCUT2D eigenvalue weighted by atomic mass is 9.88. The topological polar surface area (TPSA) is 77.0 Å². The molecule has 20 heavy (non-hydrogen) atoms. The number of Topliss-reactive ketones (excluding diaryl/α,β-unsaturated/α-hetero) is 1. The fourth-order valence-corrected chi connectivity index (χ4v) is 2.19. The Morgan fingerprint density at radius 3 is 2.75 bits per heavy atom. The highest BCUT2D eigenvalue weighted by Crippen LogP contribution is 2.24. The number of nitrogens with one attached hydrogen (secondary N) is 1. The van der Waals surface area contributed by atoms with Crippen LogP contribution in [0.2, 0.25) is 0 Å². The number of nitrogens with zero attached hydrogens (tertiary/aromatic N) is 1. The van der Waals surface area contributed by atoms with Crippen LogP contribution in [-0.4, -0.2) is 30.9 Å². The maximum Gasteiger partial charge on any atom is 0.254 e. The van der Waals surface area contributed by atoms with Crippen LogP contribution in [0.4, 0.5) is 0 Å². The number of hydrogen-bond donors (Lipinski definition) is 1. The average molecular weight is 278 g/mol. The molecule has 108 valence electrons. The van der Waals surface area contributed by atoms with Crippen molar-refractivity contribution in [1.82, 2.24) is 5.32 Å². The highest BCUT2D eigenvalue weighted by atomic mass is 16.7. The van der Waals surface area contributed by atoms with E-state index in [4.69, 9.17) is 9.57 Å². The Morgan fingerprint density at radius 2 is 2.20 bits per heavy atom. The Hall–Kier alpha value is -2.11. The van der Waals surface area contributed by atoms with E-state index in [0.717, 1.165) is 5.57 Å². The SMILES string of the molecule is COC1=NOC(NC(=O)C2=C(C)CC(C(C)=O)C=C2)C1. The molecule has 1 aliphatic heterocycles. The van der Waals surface area contributed by atoms with Gasteiger partial charge in [0.15, 0.2) is 0 Å². The molecule has 2 atom stereocenters. The van der Waals surface area contributed by atoms with Gasteiger partial charge < -0.3 is 14.9 Å². The van der Waals surface area contributed by atoms with Gasteiger partial charge in [0.05, 0.1) is 13.5 Å². The summed E-state index contributed by atoms with van der Waals surface area (Å²) in [7, 11) is 1.50. The van der Waals surface area contributed by atoms with Gasteiger partial charge in [0.25, 0.3) is 5.91 Å². The molecule has 0 radical (unpaired) electrons. The first-order valence-electron chi connectivity index (χ1n) is 6.47. The number of methoxy groups -OCH3 is 1. The van der Waals surface area contributed by atoms with Gasteiger partial charge in [-0.15, -0.1) is 0 Å². The minimum absolute atomic E-state index is 0.109. The average Bonchev–Trinajstić information content (AvgIpc) is 2.85. The van der Waals surface area contributed by atoms with Crippen LogP contribution in [0.25, 0.3) is 0 Å². The third-order valence-corrected chi connectivity index (χ3v) is 3.42. The van der Waals surface area contributed by atoms with Gasteiger partial charge in [-0.2, -0.15) is 0 Å². The summed E-state index contributed by atoms with van der Waals surface area (Å²) in [6.07, 6.45) is 3.97. The monoisotopic (exact) mass is 278 g/mol. The van der Waals surface area contributed by atoms with E-state index in [2.05, 4.69) is 10.5 Å². The summed E-state index contributed by atoms with van der Waals surface area (Å²) in [6, 6.07) is 0. The highest BCUT2D eigenvalue weighted by molar-refractivity contribution is 5.98. The Morgan fingerprint density at radius 1 is 1.45 bits per heavy atom. The number of ketones is 1. The number of amides is 1. The number of oxime groups is 1. The molecule has 2 rings (SSSR count). The van der Waals surface area contributed by atoms with Crippen LogP contribution in [0, 0.1) is 5.92 Å². The third kappa shape index (κ3) is 3.07. The summed E-state index contributed by atoms with van der Waals surface area (Å²) in [4.78, 5) is 28.5. The zero-order chi connectivity index (χ0) is 14.7. The van der Waals surface area contributed by atoms with Crippen LogP contribution >= 0.6 is 0 Å². The number of hydrogen-bond acceptors (Lipinski definition) is 5. The van der Waals surface area contributed by atoms with Gasteiger partial charge in [-0.3, -0.25) is 9.59 Å². The first kappa shape index (κ1) is 14.3. The van der Waals surface area contributed by atoms with Gasteiger partial charge in [-0.25, -0.2) is 0 Å². The zero-order valence-electron chi connectivity index (χ0n) is 11.8. The lowest BCUT2D eigenvalue weighted by Crippen LogP contribution is -2.36. The Kier molecular flexibility index (Phi) is 4.22. The zero-order valence-corrected chi connectivity index (χ0v) is 11.8. The van der Waals surface area contributed by atoms with E-state index in [1.165, 1.54) is 7.11 Å². The molecule has 0 saturated carbocycles. The first-order valence-corrected chi connectivity index (χ1v) is 6.47. The normalized spacial score (nSPS) is 25.1. The van der Waals surface area contributed by atoms with Crippen LogP contribution in [0.5, 0.6) is 0 Å². The minimum atomic E-state index is -0.503. The summed E-state index contributed by atoms with van der Waals surface area (Å²) in [6.45, 7) is 3.42. The standard InChI is InChI=1S/C14H18N2O4/c1-8-6-10(9(2)17)4-5-11(8)14(18)15-12-7-13(19-3)16-20-12/h4-5,10,12H,6-7H2,1-3H3,(H,15,18). The maximum absolute atomic E-state index is 12.2.